The molecule has 0 aliphatic rings. The average molecular weight is 229 g/mol. The number of alkyl halides is 1. The Morgan fingerprint density at radius 1 is 1.50 bits per heavy atom. The Bertz CT molecular complexity index is 394. The number of rotatable bonds is 5. The van der Waals surface area contributed by atoms with E-state index in [1.807, 2.05) is 0 Å². The molecule has 1 rings (SSSR count). The van der Waals surface area contributed by atoms with E-state index in [1.165, 1.54) is 13.2 Å². The van der Waals surface area contributed by atoms with Crippen LogP contribution in [0, 0.1) is 5.82 Å². The van der Waals surface area contributed by atoms with Crippen molar-refractivity contribution >= 4 is 5.78 Å². The second kappa shape index (κ2) is 5.55. The van der Waals surface area contributed by atoms with Gasteiger partial charge in [-0.2, -0.15) is 0 Å². The molecule has 0 unspecified atom stereocenters. The lowest BCUT2D eigenvalue weighted by atomic mass is 10.0. The van der Waals surface area contributed by atoms with Crippen LogP contribution in [0.1, 0.15) is 22.3 Å². The summed E-state index contributed by atoms with van der Waals surface area (Å²) >= 11 is 0. The SMILES string of the molecule is COc1c(F)cc(CF)cc1C(=O)CCN. The molecule has 1 aromatic carbocycles. The van der Waals surface area contributed by atoms with E-state index in [9.17, 15) is 13.6 Å². The molecule has 0 saturated heterocycles. The number of nitrogens with two attached hydrogens (primary N) is 1. The fourth-order valence-corrected chi connectivity index (χ4v) is 1.41. The van der Waals surface area contributed by atoms with Gasteiger partial charge in [0.2, 0.25) is 0 Å². The normalized spacial score (nSPS) is 10.2. The molecular weight excluding hydrogens is 216 g/mol. The number of methoxy groups -OCH3 is 1. The lowest BCUT2D eigenvalue weighted by molar-refractivity contribution is 0.0981. The zero-order valence-corrected chi connectivity index (χ0v) is 8.93. The molecule has 5 heteroatoms. The zero-order valence-electron chi connectivity index (χ0n) is 8.93. The standard InChI is InChI=1S/C11H13F2NO2/c1-16-11-8(10(15)2-3-14)4-7(6-12)5-9(11)13/h4-5H,2-3,6,14H2,1H3. The third-order valence-electron chi connectivity index (χ3n) is 2.13. The van der Waals surface area contributed by atoms with Gasteiger partial charge in [0.1, 0.15) is 6.67 Å². The number of ketones is 1. The smallest absolute Gasteiger partial charge is 0.167 e. The summed E-state index contributed by atoms with van der Waals surface area (Å²) in [5.41, 5.74) is 5.39. The Balaban J connectivity index is 3.22. The number of benzene rings is 1. The number of Topliss-reactive ketones (excluding diaryl/α,β-unsaturated/α-hetero) is 1. The summed E-state index contributed by atoms with van der Waals surface area (Å²) in [6.07, 6.45) is 0.0749. The first kappa shape index (κ1) is 12.6. The van der Waals surface area contributed by atoms with Crippen molar-refractivity contribution in [1.29, 1.82) is 0 Å². The fraction of sp³-hybridized carbons (Fsp3) is 0.364. The molecule has 0 heterocycles. The minimum absolute atomic E-state index is 0.0422. The molecule has 0 saturated carbocycles. The highest BCUT2D eigenvalue weighted by molar-refractivity contribution is 5.99. The summed E-state index contributed by atoms with van der Waals surface area (Å²) < 4.78 is 30.6. The second-order valence-corrected chi connectivity index (χ2v) is 3.25. The van der Waals surface area contributed by atoms with E-state index in [1.54, 1.807) is 0 Å². The van der Waals surface area contributed by atoms with Gasteiger partial charge in [-0.3, -0.25) is 4.79 Å². The molecule has 0 aromatic heterocycles. The first-order valence-electron chi connectivity index (χ1n) is 4.79. The van der Waals surface area contributed by atoms with Crippen molar-refractivity contribution in [3.8, 4) is 5.75 Å². The molecule has 0 aliphatic carbocycles. The van der Waals surface area contributed by atoms with Crippen molar-refractivity contribution in [2.24, 2.45) is 5.73 Å². The molecule has 0 spiro atoms. The van der Waals surface area contributed by atoms with Gasteiger partial charge in [0, 0.05) is 6.42 Å². The number of hydrogen-bond donors (Lipinski definition) is 1. The topological polar surface area (TPSA) is 52.3 Å². The van der Waals surface area contributed by atoms with Crippen molar-refractivity contribution in [3.05, 3.63) is 29.1 Å². The van der Waals surface area contributed by atoms with E-state index in [0.717, 1.165) is 6.07 Å². The van der Waals surface area contributed by atoms with Crippen molar-refractivity contribution in [1.82, 2.24) is 0 Å². The van der Waals surface area contributed by atoms with E-state index in [2.05, 4.69) is 0 Å². The lowest BCUT2D eigenvalue weighted by Gasteiger charge is -2.09. The number of ether oxygens (including phenoxy) is 1. The molecule has 3 nitrogen and oxygen atoms in total. The molecule has 0 atom stereocenters. The van der Waals surface area contributed by atoms with Gasteiger partial charge in [0.25, 0.3) is 0 Å². The molecule has 88 valence electrons. The molecule has 0 amide bonds. The molecular formula is C11H13F2NO2. The highest BCUT2D eigenvalue weighted by Crippen LogP contribution is 2.26. The first-order chi connectivity index (χ1) is 7.63. The minimum Gasteiger partial charge on any atom is -0.493 e. The van der Waals surface area contributed by atoms with Gasteiger partial charge < -0.3 is 10.5 Å². The lowest BCUT2D eigenvalue weighted by Crippen LogP contribution is -2.10. The Morgan fingerprint density at radius 2 is 2.19 bits per heavy atom. The van der Waals surface area contributed by atoms with Crippen molar-refractivity contribution in [2.45, 2.75) is 13.1 Å². The van der Waals surface area contributed by atoms with Crippen molar-refractivity contribution < 1.29 is 18.3 Å². The highest BCUT2D eigenvalue weighted by atomic mass is 19.1. The van der Waals surface area contributed by atoms with Gasteiger partial charge in [0.15, 0.2) is 17.3 Å². The van der Waals surface area contributed by atoms with Gasteiger partial charge in [-0.25, -0.2) is 8.78 Å². The molecule has 2 N–H and O–H groups in total. The van der Waals surface area contributed by atoms with Gasteiger partial charge in [-0.1, -0.05) is 0 Å². The average Bonchev–Trinajstić information content (AvgIpc) is 2.28. The van der Waals surface area contributed by atoms with E-state index < -0.39 is 12.5 Å². The number of carbonyl (C=O) groups excluding carboxylic acids is 1. The third kappa shape index (κ3) is 2.55. The van der Waals surface area contributed by atoms with Crippen LogP contribution in [0.3, 0.4) is 0 Å². The minimum atomic E-state index is -0.830. The van der Waals surface area contributed by atoms with Crippen LogP contribution < -0.4 is 10.5 Å². The summed E-state index contributed by atoms with van der Waals surface area (Å²) in [6.45, 7) is -0.673. The van der Waals surface area contributed by atoms with Gasteiger partial charge in [-0.05, 0) is 24.2 Å². The second-order valence-electron chi connectivity index (χ2n) is 3.25. The van der Waals surface area contributed by atoms with Crippen LogP contribution >= 0.6 is 0 Å². The molecule has 1 aromatic rings. The Kier molecular flexibility index (Phi) is 4.37. The van der Waals surface area contributed by atoms with Crippen LogP contribution in [0.5, 0.6) is 5.75 Å². The van der Waals surface area contributed by atoms with E-state index in [4.69, 9.17) is 10.5 Å². The first-order valence-corrected chi connectivity index (χ1v) is 4.79. The predicted molar refractivity (Wildman–Crippen MR) is 55.8 cm³/mol. The third-order valence-corrected chi connectivity index (χ3v) is 2.13. The van der Waals surface area contributed by atoms with Gasteiger partial charge >= 0.3 is 0 Å². The van der Waals surface area contributed by atoms with E-state index >= 15 is 0 Å². The summed E-state index contributed by atoms with van der Waals surface area (Å²) in [5.74, 6) is -1.25. The van der Waals surface area contributed by atoms with E-state index in [-0.39, 0.29) is 35.6 Å². The monoisotopic (exact) mass is 229 g/mol. The highest BCUT2D eigenvalue weighted by Gasteiger charge is 2.17. The maximum Gasteiger partial charge on any atom is 0.167 e. The molecule has 0 fully saturated rings. The number of halogens is 2. The van der Waals surface area contributed by atoms with E-state index in [0.29, 0.717) is 0 Å². The van der Waals surface area contributed by atoms with Crippen LogP contribution in [0.25, 0.3) is 0 Å². The summed E-state index contributed by atoms with van der Waals surface area (Å²) in [7, 11) is 1.26. The van der Waals surface area contributed by atoms with Crippen molar-refractivity contribution in [2.75, 3.05) is 13.7 Å². The zero-order chi connectivity index (χ0) is 12.1. The molecule has 0 bridgehead atoms. The van der Waals surface area contributed by atoms with Crippen LogP contribution in [0.2, 0.25) is 0 Å². The molecule has 0 aliphatic heterocycles. The largest absolute Gasteiger partial charge is 0.493 e. The Labute approximate surface area is 92.2 Å². The van der Waals surface area contributed by atoms with Crippen LogP contribution in [0.4, 0.5) is 8.78 Å². The number of carbonyl (C=O) groups is 1. The fourth-order valence-electron chi connectivity index (χ4n) is 1.41. The van der Waals surface area contributed by atoms with Crippen LogP contribution in [-0.4, -0.2) is 19.4 Å². The summed E-state index contributed by atoms with van der Waals surface area (Å²) in [5, 5.41) is 0. The maximum absolute atomic E-state index is 13.4. The summed E-state index contributed by atoms with van der Waals surface area (Å²) in [4.78, 5) is 11.6. The molecule has 0 radical (unpaired) electrons. The predicted octanol–water partition coefficient (Wildman–Crippen LogP) is 1.84. The maximum atomic E-state index is 13.4. The quantitative estimate of drug-likeness (QED) is 0.784. The van der Waals surface area contributed by atoms with Crippen LogP contribution in [-0.2, 0) is 6.67 Å². The Hall–Kier alpha value is -1.49. The van der Waals surface area contributed by atoms with Gasteiger partial charge in [-0.15, -0.1) is 0 Å². The van der Waals surface area contributed by atoms with Crippen molar-refractivity contribution in [3.63, 3.8) is 0 Å². The van der Waals surface area contributed by atoms with Crippen LogP contribution in [0.15, 0.2) is 12.1 Å². The summed E-state index contributed by atoms with van der Waals surface area (Å²) in [6, 6.07) is 2.30. The number of hydrogen-bond acceptors (Lipinski definition) is 3. The Morgan fingerprint density at radius 3 is 2.69 bits per heavy atom. The van der Waals surface area contributed by atoms with Gasteiger partial charge in [0.05, 0.1) is 12.7 Å². The molecule has 16 heavy (non-hydrogen) atoms.